The molecule has 0 radical (unpaired) electrons. The zero-order valence-corrected chi connectivity index (χ0v) is 20.9. The third-order valence-corrected chi connectivity index (χ3v) is 5.91. The maximum absolute atomic E-state index is 13.4. The van der Waals surface area contributed by atoms with Crippen molar-refractivity contribution in [3.63, 3.8) is 0 Å². The molecule has 3 aromatic rings. The molecule has 8 nitrogen and oxygen atoms in total. The van der Waals surface area contributed by atoms with Crippen molar-refractivity contribution in [1.82, 2.24) is 14.3 Å². The van der Waals surface area contributed by atoms with Gasteiger partial charge in [0.15, 0.2) is 0 Å². The smallest absolute Gasteiger partial charge is 0.352 e. The van der Waals surface area contributed by atoms with Gasteiger partial charge in [0, 0.05) is 24.0 Å². The molecule has 0 saturated carbocycles. The second-order valence-electron chi connectivity index (χ2n) is 8.83. The number of hydrogen-bond acceptors (Lipinski definition) is 5. The van der Waals surface area contributed by atoms with E-state index >= 15 is 0 Å². The van der Waals surface area contributed by atoms with Gasteiger partial charge < -0.3 is 9.72 Å². The van der Waals surface area contributed by atoms with Gasteiger partial charge in [0.1, 0.15) is 12.1 Å². The van der Waals surface area contributed by atoms with Crippen LogP contribution in [-0.2, 0) is 38.2 Å². The Hall–Kier alpha value is -3.12. The van der Waals surface area contributed by atoms with E-state index in [0.29, 0.717) is 19.3 Å². The van der Waals surface area contributed by atoms with Crippen LogP contribution < -0.4 is 10.9 Å². The highest BCUT2D eigenvalue weighted by molar-refractivity contribution is 7.85. The average Bonchev–Trinajstić information content (AvgIpc) is 3.17. The third-order valence-electron chi connectivity index (χ3n) is 5.32. The Morgan fingerprint density at radius 2 is 1.86 bits per heavy atom. The van der Waals surface area contributed by atoms with Gasteiger partial charge in [-0.05, 0) is 56.9 Å². The fourth-order valence-electron chi connectivity index (χ4n) is 3.80. The number of aromatic nitrogens is 2. The summed E-state index contributed by atoms with van der Waals surface area (Å²) in [6, 6.07) is 6.08. The van der Waals surface area contributed by atoms with E-state index in [1.165, 1.54) is 27.3 Å². The van der Waals surface area contributed by atoms with E-state index in [4.69, 9.17) is 4.18 Å². The summed E-state index contributed by atoms with van der Waals surface area (Å²) in [5.41, 5.74) is -0.0162. The van der Waals surface area contributed by atoms with Crippen LogP contribution in [0.25, 0.3) is 16.8 Å². The summed E-state index contributed by atoms with van der Waals surface area (Å²) in [5.74, 6) is -0.442. The number of unbranched alkanes of at least 4 members (excludes halogenated alkanes) is 1. The van der Waals surface area contributed by atoms with Gasteiger partial charge in [0.05, 0.1) is 24.1 Å². The number of alkyl halides is 3. The normalized spacial score (nSPS) is 12.4. The number of amides is 1. The van der Waals surface area contributed by atoms with Crippen LogP contribution in [0, 0.1) is 0 Å². The first-order valence-corrected chi connectivity index (χ1v) is 13.1. The minimum atomic E-state index is -4.57. The molecule has 0 aliphatic rings. The SMILES string of the molecule is CC(C)NC(=O)Cn1c(-c2cccc(C(F)(F)F)c2)cn2cc(CCCCOS(C)(=O)=O)cc2c1=O. The van der Waals surface area contributed by atoms with E-state index < -0.39 is 33.3 Å². The quantitative estimate of drug-likeness (QED) is 0.321. The number of nitrogens with zero attached hydrogens (tertiary/aromatic N) is 2. The van der Waals surface area contributed by atoms with Crippen molar-refractivity contribution in [1.29, 1.82) is 0 Å². The highest BCUT2D eigenvalue weighted by Gasteiger charge is 2.30. The maximum Gasteiger partial charge on any atom is 0.416 e. The first kappa shape index (κ1) is 27.5. The number of carbonyl (C=O) groups excluding carboxylic acids is 1. The van der Waals surface area contributed by atoms with Crippen LogP contribution >= 0.6 is 0 Å². The molecule has 1 N–H and O–H groups in total. The minimum absolute atomic E-state index is 0.0453. The molecule has 0 aliphatic heterocycles. The van der Waals surface area contributed by atoms with Gasteiger partial charge in [0.25, 0.3) is 15.7 Å². The number of benzene rings is 1. The highest BCUT2D eigenvalue weighted by Crippen LogP contribution is 2.32. The summed E-state index contributed by atoms with van der Waals surface area (Å²) in [4.78, 5) is 25.9. The minimum Gasteiger partial charge on any atom is -0.352 e. The Morgan fingerprint density at radius 3 is 2.50 bits per heavy atom. The van der Waals surface area contributed by atoms with Crippen molar-refractivity contribution >= 4 is 21.5 Å². The van der Waals surface area contributed by atoms with Gasteiger partial charge >= 0.3 is 6.18 Å². The standard InChI is InChI=1S/C24H28F3N3O5S/c1-16(2)28-22(31)15-30-21(18-8-6-9-19(12-18)24(25,26)27)14-29-13-17(11-20(29)23(30)32)7-4-5-10-35-36(3,33)34/h6,8-9,11-14,16H,4-5,7,10,15H2,1-3H3,(H,28,31). The average molecular weight is 528 g/mol. The van der Waals surface area contributed by atoms with Crippen molar-refractivity contribution in [2.45, 2.75) is 51.9 Å². The van der Waals surface area contributed by atoms with Crippen LogP contribution in [0.2, 0.25) is 0 Å². The molecular weight excluding hydrogens is 499 g/mol. The van der Waals surface area contributed by atoms with Crippen molar-refractivity contribution < 1.29 is 30.6 Å². The third kappa shape index (κ3) is 7.20. The summed E-state index contributed by atoms with van der Waals surface area (Å²) in [6.45, 7) is 3.21. The molecule has 0 atom stereocenters. The summed E-state index contributed by atoms with van der Waals surface area (Å²) >= 11 is 0. The lowest BCUT2D eigenvalue weighted by Crippen LogP contribution is -2.36. The lowest BCUT2D eigenvalue weighted by atomic mass is 10.1. The zero-order chi connectivity index (χ0) is 26.7. The van der Waals surface area contributed by atoms with Gasteiger partial charge in [0.2, 0.25) is 5.91 Å². The molecular formula is C24H28F3N3O5S. The lowest BCUT2D eigenvalue weighted by molar-refractivity contribution is -0.137. The lowest BCUT2D eigenvalue weighted by Gasteiger charge is -2.16. The number of rotatable bonds is 10. The van der Waals surface area contributed by atoms with E-state index in [1.54, 1.807) is 26.1 Å². The molecule has 0 unspecified atom stereocenters. The van der Waals surface area contributed by atoms with Crippen LogP contribution in [0.3, 0.4) is 0 Å². The predicted molar refractivity (Wildman–Crippen MR) is 129 cm³/mol. The number of fused-ring (bicyclic) bond motifs is 1. The van der Waals surface area contributed by atoms with Gasteiger partial charge in [-0.1, -0.05) is 12.1 Å². The predicted octanol–water partition coefficient (Wildman–Crippen LogP) is 3.61. The second kappa shape index (κ2) is 10.9. The van der Waals surface area contributed by atoms with E-state index in [9.17, 15) is 31.2 Å². The van der Waals surface area contributed by atoms with Crippen LogP contribution in [0.5, 0.6) is 0 Å². The van der Waals surface area contributed by atoms with Crippen molar-refractivity contribution in [3.8, 4) is 11.3 Å². The van der Waals surface area contributed by atoms with Crippen LogP contribution in [0.1, 0.15) is 37.8 Å². The Balaban J connectivity index is 1.99. The molecule has 12 heteroatoms. The van der Waals surface area contributed by atoms with Crippen LogP contribution in [0.15, 0.2) is 47.5 Å². The summed E-state index contributed by atoms with van der Waals surface area (Å²) in [7, 11) is -3.51. The second-order valence-corrected chi connectivity index (χ2v) is 10.5. The Morgan fingerprint density at radius 1 is 1.14 bits per heavy atom. The molecule has 0 bridgehead atoms. The van der Waals surface area contributed by atoms with Crippen molar-refractivity contribution in [2.24, 2.45) is 0 Å². The van der Waals surface area contributed by atoms with Crippen LogP contribution in [0.4, 0.5) is 13.2 Å². The first-order chi connectivity index (χ1) is 16.7. The van der Waals surface area contributed by atoms with Gasteiger partial charge in [-0.3, -0.25) is 18.3 Å². The Bertz CT molecular complexity index is 1410. The molecule has 0 fully saturated rings. The van der Waals surface area contributed by atoms with Crippen molar-refractivity contribution in [3.05, 3.63) is 64.2 Å². The molecule has 0 aliphatic carbocycles. The highest BCUT2D eigenvalue weighted by atomic mass is 32.2. The molecule has 1 aromatic carbocycles. The molecule has 3 rings (SSSR count). The summed E-state index contributed by atoms with van der Waals surface area (Å²) in [6.07, 6.45) is 1.24. The molecule has 0 spiro atoms. The zero-order valence-electron chi connectivity index (χ0n) is 20.1. The van der Waals surface area contributed by atoms with E-state index in [2.05, 4.69) is 5.32 Å². The summed E-state index contributed by atoms with van der Waals surface area (Å²) in [5, 5.41) is 2.70. The monoisotopic (exact) mass is 527 g/mol. The number of aryl methyl sites for hydroxylation is 1. The van der Waals surface area contributed by atoms with Crippen molar-refractivity contribution in [2.75, 3.05) is 12.9 Å². The number of nitrogens with one attached hydrogen (secondary N) is 1. The fourth-order valence-corrected chi connectivity index (χ4v) is 4.22. The van der Waals surface area contributed by atoms with E-state index in [-0.39, 0.29) is 36.0 Å². The largest absolute Gasteiger partial charge is 0.416 e. The molecule has 0 saturated heterocycles. The topological polar surface area (TPSA) is 98.9 Å². The van der Waals surface area contributed by atoms with Gasteiger partial charge in [-0.15, -0.1) is 0 Å². The maximum atomic E-state index is 13.4. The number of carbonyl (C=O) groups is 1. The molecule has 2 aromatic heterocycles. The number of halogens is 3. The fraction of sp³-hybridized carbons (Fsp3) is 0.417. The number of hydrogen-bond donors (Lipinski definition) is 1. The van der Waals surface area contributed by atoms with Gasteiger partial charge in [-0.2, -0.15) is 21.6 Å². The first-order valence-electron chi connectivity index (χ1n) is 11.3. The molecule has 36 heavy (non-hydrogen) atoms. The van der Waals surface area contributed by atoms with Crippen LogP contribution in [-0.4, -0.2) is 42.2 Å². The molecule has 1 amide bonds. The Kier molecular flexibility index (Phi) is 8.29. The van der Waals surface area contributed by atoms with E-state index in [0.717, 1.165) is 24.0 Å². The summed E-state index contributed by atoms with van der Waals surface area (Å²) < 4.78 is 69.5. The molecule has 2 heterocycles. The van der Waals surface area contributed by atoms with Gasteiger partial charge in [-0.25, -0.2) is 0 Å². The molecule has 196 valence electrons. The van der Waals surface area contributed by atoms with E-state index in [1.807, 2.05) is 0 Å². The Labute approximate surface area is 206 Å².